The summed E-state index contributed by atoms with van der Waals surface area (Å²) in [5, 5.41) is 8.66. The summed E-state index contributed by atoms with van der Waals surface area (Å²) in [6.07, 6.45) is 0. The molecule has 0 saturated carbocycles. The molecule has 0 aliphatic rings. The van der Waals surface area contributed by atoms with E-state index in [4.69, 9.17) is 9.84 Å². The molecule has 0 amide bonds. The van der Waals surface area contributed by atoms with Crippen molar-refractivity contribution in [2.24, 2.45) is 0 Å². The van der Waals surface area contributed by atoms with E-state index < -0.39 is 5.97 Å². The highest BCUT2D eigenvalue weighted by Crippen LogP contribution is 2.35. The van der Waals surface area contributed by atoms with Crippen molar-refractivity contribution in [1.82, 2.24) is 0 Å². The molecule has 94 valence electrons. The first-order valence-electron chi connectivity index (χ1n) is 5.37. The van der Waals surface area contributed by atoms with Crippen LogP contribution >= 0.6 is 15.9 Å². The van der Waals surface area contributed by atoms with E-state index in [1.54, 1.807) is 0 Å². The molecule has 0 bridgehead atoms. The quantitative estimate of drug-likeness (QED) is 0.929. The SMILES string of the molecule is Cc1cc(OCC(=O)O)c(C(C)(C)C)cc1Br. The fourth-order valence-electron chi connectivity index (χ4n) is 1.50. The number of rotatable bonds is 3. The predicted molar refractivity (Wildman–Crippen MR) is 70.7 cm³/mol. The molecule has 0 unspecified atom stereocenters. The number of carbonyl (C=O) groups is 1. The molecule has 0 heterocycles. The van der Waals surface area contributed by atoms with Crippen molar-refractivity contribution in [3.8, 4) is 5.75 Å². The molecule has 1 aromatic carbocycles. The van der Waals surface area contributed by atoms with Gasteiger partial charge in [-0.3, -0.25) is 0 Å². The van der Waals surface area contributed by atoms with Crippen molar-refractivity contribution in [3.63, 3.8) is 0 Å². The lowest BCUT2D eigenvalue weighted by Gasteiger charge is -2.23. The second-order valence-corrected chi connectivity index (χ2v) is 5.88. The third-order valence-corrected chi connectivity index (χ3v) is 3.27. The van der Waals surface area contributed by atoms with Crippen LogP contribution in [-0.2, 0) is 10.2 Å². The van der Waals surface area contributed by atoms with Crippen molar-refractivity contribution < 1.29 is 14.6 Å². The Morgan fingerprint density at radius 2 is 2.00 bits per heavy atom. The van der Waals surface area contributed by atoms with E-state index in [0.717, 1.165) is 15.6 Å². The number of hydrogen-bond acceptors (Lipinski definition) is 2. The third kappa shape index (κ3) is 3.73. The number of carboxylic acids is 1. The summed E-state index contributed by atoms with van der Waals surface area (Å²) in [5.74, 6) is -0.328. The Kier molecular flexibility index (Phi) is 4.20. The topological polar surface area (TPSA) is 46.5 Å². The van der Waals surface area contributed by atoms with Crippen LogP contribution in [0.5, 0.6) is 5.75 Å². The van der Waals surface area contributed by atoms with Gasteiger partial charge < -0.3 is 9.84 Å². The van der Waals surface area contributed by atoms with Crippen LogP contribution in [0.3, 0.4) is 0 Å². The first-order chi connectivity index (χ1) is 7.71. The molecule has 0 fully saturated rings. The standard InChI is InChI=1S/C13H17BrO3/c1-8-5-11(17-7-12(15)16)9(6-10(8)14)13(2,3)4/h5-6H,7H2,1-4H3,(H,15,16). The third-order valence-electron chi connectivity index (χ3n) is 2.42. The smallest absolute Gasteiger partial charge is 0.341 e. The molecule has 0 aliphatic heterocycles. The lowest BCUT2D eigenvalue weighted by atomic mass is 9.86. The van der Waals surface area contributed by atoms with Gasteiger partial charge in [0.1, 0.15) is 5.75 Å². The lowest BCUT2D eigenvalue weighted by Crippen LogP contribution is -2.16. The van der Waals surface area contributed by atoms with Crippen LogP contribution < -0.4 is 4.74 Å². The van der Waals surface area contributed by atoms with E-state index in [0.29, 0.717) is 5.75 Å². The molecule has 0 aromatic heterocycles. The zero-order valence-electron chi connectivity index (χ0n) is 10.5. The summed E-state index contributed by atoms with van der Waals surface area (Å²) in [4.78, 5) is 10.6. The first-order valence-corrected chi connectivity index (χ1v) is 6.16. The zero-order valence-corrected chi connectivity index (χ0v) is 12.1. The number of benzene rings is 1. The molecule has 0 atom stereocenters. The Hall–Kier alpha value is -1.03. The average Bonchev–Trinajstić information content (AvgIpc) is 2.17. The lowest BCUT2D eigenvalue weighted by molar-refractivity contribution is -0.139. The molecule has 17 heavy (non-hydrogen) atoms. The number of carboxylic acid groups (broad SMARTS) is 1. The van der Waals surface area contributed by atoms with Gasteiger partial charge in [-0.15, -0.1) is 0 Å². The van der Waals surface area contributed by atoms with Crippen LogP contribution in [0.1, 0.15) is 31.9 Å². The summed E-state index contributed by atoms with van der Waals surface area (Å²) < 4.78 is 6.35. The van der Waals surface area contributed by atoms with E-state index in [-0.39, 0.29) is 12.0 Å². The van der Waals surface area contributed by atoms with Gasteiger partial charge >= 0.3 is 5.97 Å². The van der Waals surface area contributed by atoms with Gasteiger partial charge in [-0.1, -0.05) is 36.7 Å². The molecule has 0 radical (unpaired) electrons. The second kappa shape index (κ2) is 5.08. The molecular weight excluding hydrogens is 284 g/mol. The fraction of sp³-hybridized carbons (Fsp3) is 0.462. The van der Waals surface area contributed by atoms with Gasteiger partial charge in [-0.2, -0.15) is 0 Å². The van der Waals surface area contributed by atoms with Gasteiger partial charge in [0.05, 0.1) is 0 Å². The Balaban J connectivity index is 3.17. The maximum absolute atomic E-state index is 10.6. The highest BCUT2D eigenvalue weighted by atomic mass is 79.9. The van der Waals surface area contributed by atoms with Crippen molar-refractivity contribution in [1.29, 1.82) is 0 Å². The van der Waals surface area contributed by atoms with Gasteiger partial charge in [0.15, 0.2) is 6.61 Å². The Bertz CT molecular complexity index is 433. The largest absolute Gasteiger partial charge is 0.482 e. The van der Waals surface area contributed by atoms with E-state index in [9.17, 15) is 4.79 Å². The molecule has 0 saturated heterocycles. The number of hydrogen-bond donors (Lipinski definition) is 1. The van der Waals surface area contributed by atoms with E-state index >= 15 is 0 Å². The number of halogens is 1. The second-order valence-electron chi connectivity index (χ2n) is 5.03. The van der Waals surface area contributed by atoms with Gasteiger partial charge in [0, 0.05) is 10.0 Å². The van der Waals surface area contributed by atoms with E-state index in [1.807, 2.05) is 19.1 Å². The number of aliphatic carboxylic acids is 1. The minimum Gasteiger partial charge on any atom is -0.482 e. The Morgan fingerprint density at radius 3 is 2.47 bits per heavy atom. The summed E-state index contributed by atoms with van der Waals surface area (Å²) >= 11 is 3.48. The van der Waals surface area contributed by atoms with E-state index in [1.165, 1.54) is 0 Å². The van der Waals surface area contributed by atoms with Crippen molar-refractivity contribution in [3.05, 3.63) is 27.7 Å². The summed E-state index contributed by atoms with van der Waals surface area (Å²) in [6, 6.07) is 3.86. The van der Waals surface area contributed by atoms with Crippen molar-refractivity contribution >= 4 is 21.9 Å². The molecular formula is C13H17BrO3. The van der Waals surface area contributed by atoms with Crippen molar-refractivity contribution in [2.75, 3.05) is 6.61 Å². The highest BCUT2D eigenvalue weighted by molar-refractivity contribution is 9.10. The molecule has 4 heteroatoms. The van der Waals surface area contributed by atoms with Crippen LogP contribution in [-0.4, -0.2) is 17.7 Å². The normalized spacial score (nSPS) is 11.4. The molecule has 1 aromatic rings. The zero-order chi connectivity index (χ0) is 13.2. The van der Waals surface area contributed by atoms with Crippen molar-refractivity contribution in [2.45, 2.75) is 33.1 Å². The maximum Gasteiger partial charge on any atom is 0.341 e. The molecule has 0 spiro atoms. The van der Waals surface area contributed by atoms with Gasteiger partial charge in [-0.05, 0) is 30.0 Å². The number of aryl methyl sites for hydroxylation is 1. The minimum atomic E-state index is -0.967. The minimum absolute atomic E-state index is 0.0932. The summed E-state index contributed by atoms with van der Waals surface area (Å²) in [7, 11) is 0. The van der Waals surface area contributed by atoms with Crippen LogP contribution in [0, 0.1) is 6.92 Å². The predicted octanol–water partition coefficient (Wildman–Crippen LogP) is 3.52. The summed E-state index contributed by atoms with van der Waals surface area (Å²) in [6.45, 7) is 7.83. The van der Waals surface area contributed by atoms with Gasteiger partial charge in [0.2, 0.25) is 0 Å². The maximum atomic E-state index is 10.6. The van der Waals surface area contributed by atoms with Crippen LogP contribution in [0.15, 0.2) is 16.6 Å². The molecule has 1 N–H and O–H groups in total. The monoisotopic (exact) mass is 300 g/mol. The average molecular weight is 301 g/mol. The van der Waals surface area contributed by atoms with Gasteiger partial charge in [0.25, 0.3) is 0 Å². The molecule has 3 nitrogen and oxygen atoms in total. The van der Waals surface area contributed by atoms with Crippen LogP contribution in [0.2, 0.25) is 0 Å². The van der Waals surface area contributed by atoms with Crippen LogP contribution in [0.4, 0.5) is 0 Å². The molecule has 1 rings (SSSR count). The number of ether oxygens (including phenoxy) is 1. The summed E-state index contributed by atoms with van der Waals surface area (Å²) in [5.41, 5.74) is 1.93. The Labute approximate surface area is 110 Å². The van der Waals surface area contributed by atoms with Crippen LogP contribution in [0.25, 0.3) is 0 Å². The molecule has 0 aliphatic carbocycles. The Morgan fingerprint density at radius 1 is 1.41 bits per heavy atom. The van der Waals surface area contributed by atoms with E-state index in [2.05, 4.69) is 36.7 Å². The highest BCUT2D eigenvalue weighted by Gasteiger charge is 2.20. The van der Waals surface area contributed by atoms with Gasteiger partial charge in [-0.25, -0.2) is 4.79 Å². The fourth-order valence-corrected chi connectivity index (χ4v) is 1.84. The first kappa shape index (κ1) is 14.0.